The normalized spacial score (nSPS) is 13.1. The first-order valence-electron chi connectivity index (χ1n) is 7.21. The Kier molecular flexibility index (Phi) is 3.09. The van der Waals surface area contributed by atoms with Crippen LogP contribution in [0, 0.1) is 6.92 Å². The van der Waals surface area contributed by atoms with E-state index in [9.17, 15) is 0 Å². The SMILES string of the molecule is Cc1nnc2n1-c1ccc(Cl)cc1C(c1ccccc1)=CC2. The number of aromatic nitrogens is 3. The number of hydrogen-bond acceptors (Lipinski definition) is 2. The predicted molar refractivity (Wildman–Crippen MR) is 88.3 cm³/mol. The van der Waals surface area contributed by atoms with Crippen LogP contribution in [-0.2, 0) is 6.42 Å². The van der Waals surface area contributed by atoms with E-state index in [0.717, 1.165) is 34.3 Å². The second kappa shape index (κ2) is 5.11. The summed E-state index contributed by atoms with van der Waals surface area (Å²) in [5.41, 5.74) is 4.56. The molecular weight excluding hydrogens is 294 g/mol. The van der Waals surface area contributed by atoms with Gasteiger partial charge < -0.3 is 0 Å². The van der Waals surface area contributed by atoms with E-state index in [4.69, 9.17) is 11.6 Å². The molecule has 0 saturated heterocycles. The van der Waals surface area contributed by atoms with Crippen molar-refractivity contribution < 1.29 is 0 Å². The van der Waals surface area contributed by atoms with Crippen molar-refractivity contribution in [3.63, 3.8) is 0 Å². The zero-order chi connectivity index (χ0) is 15.1. The first-order chi connectivity index (χ1) is 10.7. The second-order valence-corrected chi connectivity index (χ2v) is 5.78. The first kappa shape index (κ1) is 13.3. The predicted octanol–water partition coefficient (Wildman–Crippen LogP) is 4.22. The fourth-order valence-corrected chi connectivity index (χ4v) is 3.14. The molecule has 1 aliphatic rings. The van der Waals surface area contributed by atoms with Crippen LogP contribution in [0.15, 0.2) is 54.6 Å². The molecule has 0 N–H and O–H groups in total. The number of nitrogens with zero attached hydrogens (tertiary/aromatic N) is 3. The Bertz CT molecular complexity index is 879. The zero-order valence-electron chi connectivity index (χ0n) is 12.1. The lowest BCUT2D eigenvalue weighted by molar-refractivity contribution is 0.909. The molecule has 1 aliphatic heterocycles. The fraction of sp³-hybridized carbons (Fsp3) is 0.111. The molecule has 3 aromatic rings. The second-order valence-electron chi connectivity index (χ2n) is 5.35. The number of hydrogen-bond donors (Lipinski definition) is 0. The molecule has 2 heterocycles. The molecule has 2 aromatic carbocycles. The van der Waals surface area contributed by atoms with Crippen LogP contribution in [0.2, 0.25) is 5.02 Å². The number of allylic oxidation sites excluding steroid dienone is 1. The lowest BCUT2D eigenvalue weighted by atomic mass is 9.96. The van der Waals surface area contributed by atoms with Gasteiger partial charge in [0, 0.05) is 17.0 Å². The minimum absolute atomic E-state index is 0.731. The van der Waals surface area contributed by atoms with Gasteiger partial charge in [0.2, 0.25) is 0 Å². The molecule has 0 atom stereocenters. The van der Waals surface area contributed by atoms with Crippen molar-refractivity contribution in [2.45, 2.75) is 13.3 Å². The summed E-state index contributed by atoms with van der Waals surface area (Å²) in [5, 5.41) is 9.24. The number of fused-ring (bicyclic) bond motifs is 3. The molecule has 0 bridgehead atoms. The van der Waals surface area contributed by atoms with E-state index in [1.807, 2.05) is 31.2 Å². The maximum atomic E-state index is 6.26. The van der Waals surface area contributed by atoms with Crippen LogP contribution >= 0.6 is 11.6 Å². The van der Waals surface area contributed by atoms with E-state index < -0.39 is 0 Å². The van der Waals surface area contributed by atoms with E-state index in [1.165, 1.54) is 11.1 Å². The third kappa shape index (κ3) is 2.06. The Morgan fingerprint density at radius 3 is 2.68 bits per heavy atom. The topological polar surface area (TPSA) is 30.7 Å². The van der Waals surface area contributed by atoms with E-state index in [2.05, 4.69) is 45.1 Å². The van der Waals surface area contributed by atoms with E-state index in [-0.39, 0.29) is 0 Å². The molecule has 1 aromatic heterocycles. The van der Waals surface area contributed by atoms with Crippen molar-refractivity contribution in [3.05, 3.63) is 82.4 Å². The summed E-state index contributed by atoms with van der Waals surface area (Å²) >= 11 is 6.26. The highest BCUT2D eigenvalue weighted by Gasteiger charge is 2.20. The highest BCUT2D eigenvalue weighted by Crippen LogP contribution is 2.34. The minimum Gasteiger partial charge on any atom is -0.282 e. The average Bonchev–Trinajstić information content (AvgIpc) is 2.82. The van der Waals surface area contributed by atoms with Crippen LogP contribution < -0.4 is 0 Å². The molecule has 0 unspecified atom stereocenters. The Morgan fingerprint density at radius 1 is 1.05 bits per heavy atom. The number of benzene rings is 2. The van der Waals surface area contributed by atoms with Gasteiger partial charge in [0.05, 0.1) is 5.69 Å². The molecule has 0 saturated carbocycles. The number of rotatable bonds is 1. The van der Waals surface area contributed by atoms with Crippen LogP contribution in [0.5, 0.6) is 0 Å². The molecule has 0 amide bonds. The van der Waals surface area contributed by atoms with Crippen molar-refractivity contribution >= 4 is 17.2 Å². The van der Waals surface area contributed by atoms with Gasteiger partial charge in [0.25, 0.3) is 0 Å². The van der Waals surface area contributed by atoms with Crippen molar-refractivity contribution in [1.29, 1.82) is 0 Å². The monoisotopic (exact) mass is 307 g/mol. The van der Waals surface area contributed by atoms with Crippen molar-refractivity contribution in [1.82, 2.24) is 14.8 Å². The maximum Gasteiger partial charge on any atom is 0.141 e. The van der Waals surface area contributed by atoms with E-state index >= 15 is 0 Å². The standard InChI is InChI=1S/C18H14ClN3/c1-12-20-21-18-10-8-15(13-5-3-2-4-6-13)16-11-14(19)7-9-17(16)22(12)18/h2-9,11H,10H2,1H3. The molecule has 0 fully saturated rings. The van der Waals surface area contributed by atoms with Gasteiger partial charge in [-0.1, -0.05) is 48.0 Å². The van der Waals surface area contributed by atoms with Gasteiger partial charge in [0.15, 0.2) is 0 Å². The number of halogens is 1. The average molecular weight is 308 g/mol. The minimum atomic E-state index is 0.731. The highest BCUT2D eigenvalue weighted by atomic mass is 35.5. The molecule has 22 heavy (non-hydrogen) atoms. The molecule has 0 aliphatic carbocycles. The first-order valence-corrected chi connectivity index (χ1v) is 7.58. The number of aryl methyl sites for hydroxylation is 1. The Balaban J connectivity index is 2.01. The van der Waals surface area contributed by atoms with Crippen LogP contribution in [0.4, 0.5) is 0 Å². The molecule has 4 rings (SSSR count). The largest absolute Gasteiger partial charge is 0.282 e. The third-order valence-electron chi connectivity index (χ3n) is 3.96. The van der Waals surface area contributed by atoms with Gasteiger partial charge in [-0.2, -0.15) is 0 Å². The van der Waals surface area contributed by atoms with Gasteiger partial charge in [-0.3, -0.25) is 4.57 Å². The van der Waals surface area contributed by atoms with Crippen LogP contribution in [0.25, 0.3) is 11.3 Å². The van der Waals surface area contributed by atoms with Crippen molar-refractivity contribution in [2.24, 2.45) is 0 Å². The Morgan fingerprint density at radius 2 is 1.86 bits per heavy atom. The summed E-state index contributed by atoms with van der Waals surface area (Å²) in [6, 6.07) is 16.3. The van der Waals surface area contributed by atoms with Crippen molar-refractivity contribution in [3.8, 4) is 5.69 Å². The zero-order valence-corrected chi connectivity index (χ0v) is 12.9. The summed E-state index contributed by atoms with van der Waals surface area (Å²) < 4.78 is 2.11. The Labute approximate surface area is 133 Å². The summed E-state index contributed by atoms with van der Waals surface area (Å²) in [4.78, 5) is 0. The summed E-state index contributed by atoms with van der Waals surface area (Å²) in [7, 11) is 0. The van der Waals surface area contributed by atoms with Gasteiger partial charge in [-0.05, 0) is 36.3 Å². The summed E-state index contributed by atoms with van der Waals surface area (Å²) in [6.07, 6.45) is 2.95. The van der Waals surface area contributed by atoms with Gasteiger partial charge >= 0.3 is 0 Å². The van der Waals surface area contributed by atoms with E-state index in [0.29, 0.717) is 0 Å². The fourth-order valence-electron chi connectivity index (χ4n) is 2.97. The lowest BCUT2D eigenvalue weighted by Crippen LogP contribution is -2.03. The molecule has 3 nitrogen and oxygen atoms in total. The smallest absolute Gasteiger partial charge is 0.141 e. The third-order valence-corrected chi connectivity index (χ3v) is 4.19. The van der Waals surface area contributed by atoms with Crippen LogP contribution in [0.3, 0.4) is 0 Å². The summed E-state index contributed by atoms with van der Waals surface area (Å²) in [5.74, 6) is 1.84. The van der Waals surface area contributed by atoms with Gasteiger partial charge in [-0.25, -0.2) is 0 Å². The molecule has 0 radical (unpaired) electrons. The van der Waals surface area contributed by atoms with Gasteiger partial charge in [0.1, 0.15) is 11.6 Å². The maximum absolute atomic E-state index is 6.26. The van der Waals surface area contributed by atoms with E-state index in [1.54, 1.807) is 0 Å². The highest BCUT2D eigenvalue weighted by molar-refractivity contribution is 6.30. The quantitative estimate of drug-likeness (QED) is 0.674. The van der Waals surface area contributed by atoms with Gasteiger partial charge in [-0.15, -0.1) is 10.2 Å². The Hall–Kier alpha value is -2.39. The van der Waals surface area contributed by atoms with Crippen LogP contribution in [-0.4, -0.2) is 14.8 Å². The lowest BCUT2D eigenvalue weighted by Gasteiger charge is -2.14. The molecular formula is C18H14ClN3. The van der Waals surface area contributed by atoms with Crippen molar-refractivity contribution in [2.75, 3.05) is 0 Å². The molecule has 4 heteroatoms. The molecule has 108 valence electrons. The van der Waals surface area contributed by atoms with Crippen LogP contribution in [0.1, 0.15) is 22.8 Å². The molecule has 0 spiro atoms. The summed E-state index contributed by atoms with van der Waals surface area (Å²) in [6.45, 7) is 1.97.